The van der Waals surface area contributed by atoms with Crippen molar-refractivity contribution in [2.45, 2.75) is 6.92 Å². The van der Waals surface area contributed by atoms with Gasteiger partial charge >= 0.3 is 0 Å². The molecule has 0 radical (unpaired) electrons. The van der Waals surface area contributed by atoms with Gasteiger partial charge in [0.1, 0.15) is 5.82 Å². The van der Waals surface area contributed by atoms with Crippen LogP contribution >= 0.6 is 0 Å². The second-order valence-electron chi connectivity index (χ2n) is 3.89. The first-order valence-electron chi connectivity index (χ1n) is 5.68. The zero-order valence-electron chi connectivity index (χ0n) is 10.6. The fraction of sp³-hybridized carbons (Fsp3) is 0.154. The summed E-state index contributed by atoms with van der Waals surface area (Å²) in [5, 5.41) is 5.16. The van der Waals surface area contributed by atoms with Crippen LogP contribution in [0.15, 0.2) is 30.6 Å². The van der Waals surface area contributed by atoms with Gasteiger partial charge in [0.15, 0.2) is 11.6 Å². The fourth-order valence-electron chi connectivity index (χ4n) is 1.58. The average Bonchev–Trinajstić information content (AvgIpc) is 2.41. The number of halogens is 1. The first-order chi connectivity index (χ1) is 9.13. The van der Waals surface area contributed by atoms with Crippen LogP contribution < -0.4 is 10.6 Å². The van der Waals surface area contributed by atoms with Crippen LogP contribution in [0.5, 0.6) is 0 Å². The molecule has 0 aliphatic carbocycles. The number of carbonyl (C=O) groups is 1. The van der Waals surface area contributed by atoms with Crippen LogP contribution in [0.4, 0.5) is 16.0 Å². The summed E-state index contributed by atoms with van der Waals surface area (Å²) in [4.78, 5) is 19.8. The second-order valence-corrected chi connectivity index (χ2v) is 3.89. The zero-order chi connectivity index (χ0) is 13.8. The van der Waals surface area contributed by atoms with E-state index in [1.165, 1.54) is 19.3 Å². The molecule has 0 unspecified atom stereocenters. The van der Waals surface area contributed by atoms with Gasteiger partial charge in [-0.15, -0.1) is 0 Å². The molecule has 2 aromatic heterocycles. The summed E-state index contributed by atoms with van der Waals surface area (Å²) in [6.07, 6.45) is 2.93. The van der Waals surface area contributed by atoms with E-state index in [4.69, 9.17) is 0 Å². The van der Waals surface area contributed by atoms with Crippen molar-refractivity contribution in [3.63, 3.8) is 0 Å². The Morgan fingerprint density at radius 3 is 2.63 bits per heavy atom. The molecule has 0 saturated heterocycles. The number of carbonyl (C=O) groups excluding carboxylic acids is 1. The number of amides is 1. The van der Waals surface area contributed by atoms with E-state index in [0.29, 0.717) is 5.82 Å². The van der Waals surface area contributed by atoms with Crippen molar-refractivity contribution in [3.05, 3.63) is 47.5 Å². The molecular formula is C13H13FN4O. The Balaban J connectivity index is 2.28. The van der Waals surface area contributed by atoms with Gasteiger partial charge < -0.3 is 10.6 Å². The van der Waals surface area contributed by atoms with E-state index in [2.05, 4.69) is 20.6 Å². The molecule has 1 amide bonds. The van der Waals surface area contributed by atoms with Gasteiger partial charge in [0.2, 0.25) is 0 Å². The Morgan fingerprint density at radius 1 is 1.21 bits per heavy atom. The van der Waals surface area contributed by atoms with Gasteiger partial charge in [0.25, 0.3) is 5.91 Å². The summed E-state index contributed by atoms with van der Waals surface area (Å²) in [5.74, 6) is -0.797. The standard InChI is InChI=1S/C13H13FN4O/c1-8-4-3-6-16-11(8)18-13(19)9-5-7-17-12(15-2)10(9)14/h3-7H,1-2H3,(H,15,17)(H,16,18,19). The fourth-order valence-corrected chi connectivity index (χ4v) is 1.58. The van der Waals surface area contributed by atoms with Crippen LogP contribution in [0.25, 0.3) is 0 Å². The predicted octanol–water partition coefficient (Wildman–Crippen LogP) is 2.22. The van der Waals surface area contributed by atoms with Gasteiger partial charge in [0.05, 0.1) is 5.56 Å². The number of aromatic nitrogens is 2. The van der Waals surface area contributed by atoms with E-state index in [-0.39, 0.29) is 11.4 Å². The Hall–Kier alpha value is -2.50. The molecule has 0 aliphatic rings. The first kappa shape index (κ1) is 12.9. The molecule has 0 aromatic carbocycles. The number of pyridine rings is 2. The maximum absolute atomic E-state index is 13.9. The third kappa shape index (κ3) is 2.67. The van der Waals surface area contributed by atoms with Crippen molar-refractivity contribution in [2.75, 3.05) is 17.7 Å². The van der Waals surface area contributed by atoms with Gasteiger partial charge in [-0.2, -0.15) is 0 Å². The van der Waals surface area contributed by atoms with E-state index in [9.17, 15) is 9.18 Å². The molecule has 0 bridgehead atoms. The number of anilines is 2. The van der Waals surface area contributed by atoms with Crippen molar-refractivity contribution in [2.24, 2.45) is 0 Å². The highest BCUT2D eigenvalue weighted by Gasteiger charge is 2.16. The number of aryl methyl sites for hydroxylation is 1. The van der Waals surface area contributed by atoms with Crippen molar-refractivity contribution >= 4 is 17.5 Å². The maximum Gasteiger partial charge on any atom is 0.259 e. The lowest BCUT2D eigenvalue weighted by atomic mass is 10.2. The smallest absolute Gasteiger partial charge is 0.259 e. The van der Waals surface area contributed by atoms with Gasteiger partial charge in [-0.3, -0.25) is 4.79 Å². The first-order valence-corrected chi connectivity index (χ1v) is 5.68. The van der Waals surface area contributed by atoms with Crippen molar-refractivity contribution < 1.29 is 9.18 Å². The molecule has 0 spiro atoms. The van der Waals surface area contributed by atoms with Gasteiger partial charge in [-0.05, 0) is 24.6 Å². The molecule has 0 fully saturated rings. The summed E-state index contributed by atoms with van der Waals surface area (Å²) in [5.41, 5.74) is 0.726. The minimum atomic E-state index is -0.684. The van der Waals surface area contributed by atoms with E-state index in [1.807, 2.05) is 13.0 Å². The monoisotopic (exact) mass is 260 g/mol. The Kier molecular flexibility index (Phi) is 3.70. The predicted molar refractivity (Wildman–Crippen MR) is 70.7 cm³/mol. The van der Waals surface area contributed by atoms with Crippen LogP contribution in [0.1, 0.15) is 15.9 Å². The lowest BCUT2D eigenvalue weighted by Gasteiger charge is -2.09. The highest BCUT2D eigenvalue weighted by Crippen LogP contribution is 2.17. The lowest BCUT2D eigenvalue weighted by Crippen LogP contribution is -2.16. The van der Waals surface area contributed by atoms with Crippen molar-refractivity contribution in [3.8, 4) is 0 Å². The third-order valence-electron chi connectivity index (χ3n) is 2.61. The SMILES string of the molecule is CNc1nccc(C(=O)Nc2ncccc2C)c1F. The molecule has 2 N–H and O–H groups in total. The normalized spacial score (nSPS) is 10.1. The Bertz CT molecular complexity index is 615. The average molecular weight is 260 g/mol. The summed E-state index contributed by atoms with van der Waals surface area (Å²) in [6.45, 7) is 1.81. The van der Waals surface area contributed by atoms with Crippen LogP contribution in [0.3, 0.4) is 0 Å². The molecule has 5 nitrogen and oxygen atoms in total. The van der Waals surface area contributed by atoms with Gasteiger partial charge in [-0.25, -0.2) is 14.4 Å². The van der Waals surface area contributed by atoms with E-state index in [1.54, 1.807) is 12.3 Å². The molecule has 2 rings (SSSR count). The van der Waals surface area contributed by atoms with Crippen molar-refractivity contribution in [1.29, 1.82) is 0 Å². The highest BCUT2D eigenvalue weighted by molar-refractivity contribution is 6.04. The molecule has 98 valence electrons. The third-order valence-corrected chi connectivity index (χ3v) is 2.61. The summed E-state index contributed by atoms with van der Waals surface area (Å²) < 4.78 is 13.9. The minimum absolute atomic E-state index is 0.0328. The van der Waals surface area contributed by atoms with Gasteiger partial charge in [-0.1, -0.05) is 6.07 Å². The Morgan fingerprint density at radius 2 is 1.95 bits per heavy atom. The van der Waals surface area contributed by atoms with E-state index < -0.39 is 11.7 Å². The van der Waals surface area contributed by atoms with Crippen LogP contribution in [0.2, 0.25) is 0 Å². The van der Waals surface area contributed by atoms with Crippen molar-refractivity contribution in [1.82, 2.24) is 9.97 Å². The molecule has 0 saturated carbocycles. The molecule has 6 heteroatoms. The molecule has 19 heavy (non-hydrogen) atoms. The number of rotatable bonds is 3. The van der Waals surface area contributed by atoms with Crippen LogP contribution in [-0.4, -0.2) is 22.9 Å². The molecule has 2 heterocycles. The number of nitrogens with one attached hydrogen (secondary N) is 2. The largest absolute Gasteiger partial charge is 0.371 e. The molecule has 0 aliphatic heterocycles. The molecule has 2 aromatic rings. The number of nitrogens with zero attached hydrogens (tertiary/aromatic N) is 2. The van der Waals surface area contributed by atoms with E-state index >= 15 is 0 Å². The Labute approximate surface area is 109 Å². The zero-order valence-corrected chi connectivity index (χ0v) is 10.6. The van der Waals surface area contributed by atoms with Crippen LogP contribution in [-0.2, 0) is 0 Å². The molecular weight excluding hydrogens is 247 g/mol. The van der Waals surface area contributed by atoms with Crippen LogP contribution in [0, 0.1) is 12.7 Å². The topological polar surface area (TPSA) is 66.9 Å². The van der Waals surface area contributed by atoms with E-state index in [0.717, 1.165) is 5.56 Å². The number of hydrogen-bond acceptors (Lipinski definition) is 4. The quantitative estimate of drug-likeness (QED) is 0.888. The molecule has 0 atom stereocenters. The second kappa shape index (κ2) is 5.43. The number of hydrogen-bond donors (Lipinski definition) is 2. The maximum atomic E-state index is 13.9. The summed E-state index contributed by atoms with van der Waals surface area (Å²) in [6, 6.07) is 4.89. The van der Waals surface area contributed by atoms with Gasteiger partial charge in [0, 0.05) is 19.4 Å². The minimum Gasteiger partial charge on any atom is -0.371 e. The highest BCUT2D eigenvalue weighted by atomic mass is 19.1. The lowest BCUT2D eigenvalue weighted by molar-refractivity contribution is 0.102. The summed E-state index contributed by atoms with van der Waals surface area (Å²) >= 11 is 0. The summed E-state index contributed by atoms with van der Waals surface area (Å²) in [7, 11) is 1.54.